The third-order valence-corrected chi connectivity index (χ3v) is 4.44. The van der Waals surface area contributed by atoms with Crippen molar-refractivity contribution >= 4 is 11.9 Å². The normalized spacial score (nSPS) is 14.9. The van der Waals surface area contributed by atoms with E-state index in [0.29, 0.717) is 30.6 Å². The summed E-state index contributed by atoms with van der Waals surface area (Å²) in [7, 11) is 0. The number of nitrogens with one attached hydrogen (secondary N) is 2. The van der Waals surface area contributed by atoms with Gasteiger partial charge >= 0.3 is 0 Å². The molecule has 3 rings (SSSR count). The van der Waals surface area contributed by atoms with E-state index in [9.17, 15) is 9.18 Å². The molecule has 0 radical (unpaired) electrons. The molecule has 1 fully saturated rings. The molecule has 0 spiro atoms. The number of carbonyl (C=O) groups is 1. The van der Waals surface area contributed by atoms with Gasteiger partial charge in [0, 0.05) is 18.8 Å². The monoisotopic (exact) mass is 342 g/mol. The van der Waals surface area contributed by atoms with Gasteiger partial charge in [-0.2, -0.15) is 0 Å². The number of aromatic nitrogens is 2. The number of halogens is 1. The van der Waals surface area contributed by atoms with Gasteiger partial charge in [-0.25, -0.2) is 14.4 Å². The summed E-state index contributed by atoms with van der Waals surface area (Å²) in [4.78, 5) is 20.8. The Bertz CT molecular complexity index is 699. The summed E-state index contributed by atoms with van der Waals surface area (Å²) in [6.07, 6.45) is 8.23. The van der Waals surface area contributed by atoms with E-state index in [2.05, 4.69) is 20.6 Å². The van der Waals surface area contributed by atoms with E-state index < -0.39 is 0 Å². The maximum Gasteiger partial charge on any atom is 0.270 e. The average molecular weight is 342 g/mol. The quantitative estimate of drug-likeness (QED) is 0.845. The van der Waals surface area contributed by atoms with Crippen LogP contribution in [0.5, 0.6) is 0 Å². The Kier molecular flexibility index (Phi) is 5.93. The summed E-state index contributed by atoms with van der Waals surface area (Å²) in [5.74, 6) is 0.0288. The highest BCUT2D eigenvalue weighted by Crippen LogP contribution is 2.20. The molecule has 5 nitrogen and oxygen atoms in total. The Hall–Kier alpha value is -2.50. The Morgan fingerprint density at radius 2 is 1.88 bits per heavy atom. The SMILES string of the molecule is O=C(NCCc1ccc(F)cc1)c1ccnc(NC2CCCCC2)n1. The Morgan fingerprint density at radius 1 is 1.12 bits per heavy atom. The highest BCUT2D eigenvalue weighted by molar-refractivity contribution is 5.92. The smallest absolute Gasteiger partial charge is 0.270 e. The third kappa shape index (κ3) is 5.24. The molecule has 1 saturated carbocycles. The minimum Gasteiger partial charge on any atom is -0.351 e. The van der Waals surface area contributed by atoms with Crippen molar-refractivity contribution in [3.8, 4) is 0 Å². The van der Waals surface area contributed by atoms with Crippen LogP contribution in [0.15, 0.2) is 36.5 Å². The summed E-state index contributed by atoms with van der Waals surface area (Å²) in [6.45, 7) is 0.472. The molecule has 0 unspecified atom stereocenters. The number of nitrogens with zero attached hydrogens (tertiary/aromatic N) is 2. The standard InChI is InChI=1S/C19H23FN4O/c20-15-8-6-14(7-9-15)10-12-21-18(25)17-11-13-22-19(24-17)23-16-4-2-1-3-5-16/h6-9,11,13,16H,1-5,10,12H2,(H,21,25)(H,22,23,24). The number of amides is 1. The molecule has 1 amide bonds. The van der Waals surface area contributed by atoms with Gasteiger partial charge < -0.3 is 10.6 Å². The van der Waals surface area contributed by atoms with Crippen LogP contribution >= 0.6 is 0 Å². The van der Waals surface area contributed by atoms with E-state index in [1.807, 2.05) is 0 Å². The van der Waals surface area contributed by atoms with Crippen LogP contribution < -0.4 is 10.6 Å². The molecule has 0 atom stereocenters. The molecule has 0 bridgehead atoms. The molecule has 6 heteroatoms. The Labute approximate surface area is 147 Å². The summed E-state index contributed by atoms with van der Waals surface area (Å²) in [5.41, 5.74) is 1.33. The number of rotatable bonds is 6. The second-order valence-corrected chi connectivity index (χ2v) is 6.38. The number of hydrogen-bond acceptors (Lipinski definition) is 4. The first-order valence-corrected chi connectivity index (χ1v) is 8.83. The van der Waals surface area contributed by atoms with Crippen molar-refractivity contribution in [2.75, 3.05) is 11.9 Å². The van der Waals surface area contributed by atoms with Crippen LogP contribution in [0.25, 0.3) is 0 Å². The van der Waals surface area contributed by atoms with Gasteiger partial charge in [-0.15, -0.1) is 0 Å². The fraction of sp³-hybridized carbons (Fsp3) is 0.421. The highest BCUT2D eigenvalue weighted by atomic mass is 19.1. The predicted molar refractivity (Wildman–Crippen MR) is 95.0 cm³/mol. The van der Waals surface area contributed by atoms with Crippen molar-refractivity contribution < 1.29 is 9.18 Å². The van der Waals surface area contributed by atoms with Gasteiger partial charge in [0.15, 0.2) is 0 Å². The number of anilines is 1. The van der Waals surface area contributed by atoms with Gasteiger partial charge in [0.1, 0.15) is 11.5 Å². The van der Waals surface area contributed by atoms with Crippen molar-refractivity contribution in [3.05, 3.63) is 53.6 Å². The molecule has 1 heterocycles. The molecule has 1 aromatic heterocycles. The van der Waals surface area contributed by atoms with Gasteiger partial charge in [0.05, 0.1) is 0 Å². The molecule has 0 saturated heterocycles. The zero-order chi connectivity index (χ0) is 17.5. The highest BCUT2D eigenvalue weighted by Gasteiger charge is 2.15. The first-order chi connectivity index (χ1) is 12.2. The molecule has 1 aromatic carbocycles. The summed E-state index contributed by atoms with van der Waals surface area (Å²) in [6, 6.07) is 8.29. The fourth-order valence-electron chi connectivity index (χ4n) is 3.05. The first-order valence-electron chi connectivity index (χ1n) is 8.83. The summed E-state index contributed by atoms with van der Waals surface area (Å²) >= 11 is 0. The second kappa shape index (κ2) is 8.55. The van der Waals surface area contributed by atoms with Crippen molar-refractivity contribution in [2.24, 2.45) is 0 Å². The zero-order valence-corrected chi connectivity index (χ0v) is 14.2. The zero-order valence-electron chi connectivity index (χ0n) is 14.2. The number of benzene rings is 1. The van der Waals surface area contributed by atoms with Crippen LogP contribution in [0, 0.1) is 5.82 Å². The van der Waals surface area contributed by atoms with Crippen LogP contribution in [0.3, 0.4) is 0 Å². The van der Waals surface area contributed by atoms with Gasteiger partial charge in [0.2, 0.25) is 5.95 Å². The molecule has 1 aliphatic rings. The van der Waals surface area contributed by atoms with Crippen molar-refractivity contribution in [3.63, 3.8) is 0 Å². The summed E-state index contributed by atoms with van der Waals surface area (Å²) in [5, 5.41) is 6.17. The van der Waals surface area contributed by atoms with Gasteiger partial charge in [-0.05, 0) is 43.0 Å². The van der Waals surface area contributed by atoms with Crippen LogP contribution in [-0.4, -0.2) is 28.5 Å². The molecule has 2 N–H and O–H groups in total. The lowest BCUT2D eigenvalue weighted by atomic mass is 9.96. The van der Waals surface area contributed by atoms with E-state index in [4.69, 9.17) is 0 Å². The molecular formula is C19H23FN4O. The maximum absolute atomic E-state index is 12.9. The third-order valence-electron chi connectivity index (χ3n) is 4.44. The lowest BCUT2D eigenvalue weighted by Gasteiger charge is -2.22. The maximum atomic E-state index is 12.9. The van der Waals surface area contributed by atoms with Gasteiger partial charge in [-0.3, -0.25) is 4.79 Å². The minimum absolute atomic E-state index is 0.226. The molecular weight excluding hydrogens is 319 g/mol. The van der Waals surface area contributed by atoms with Crippen LogP contribution in [-0.2, 0) is 6.42 Å². The van der Waals surface area contributed by atoms with Gasteiger partial charge in [0.25, 0.3) is 5.91 Å². The molecule has 1 aliphatic carbocycles. The fourth-order valence-corrected chi connectivity index (χ4v) is 3.05. The topological polar surface area (TPSA) is 66.9 Å². The number of carbonyl (C=O) groups excluding carboxylic acids is 1. The lowest BCUT2D eigenvalue weighted by molar-refractivity contribution is 0.0949. The van der Waals surface area contributed by atoms with Crippen LogP contribution in [0.4, 0.5) is 10.3 Å². The van der Waals surface area contributed by atoms with Gasteiger partial charge in [-0.1, -0.05) is 31.4 Å². The van der Waals surface area contributed by atoms with Crippen molar-refractivity contribution in [2.45, 2.75) is 44.6 Å². The lowest BCUT2D eigenvalue weighted by Crippen LogP contribution is -2.28. The van der Waals surface area contributed by atoms with E-state index in [0.717, 1.165) is 18.4 Å². The summed E-state index contributed by atoms with van der Waals surface area (Å²) < 4.78 is 12.9. The Balaban J connectivity index is 1.51. The molecule has 25 heavy (non-hydrogen) atoms. The van der Waals surface area contributed by atoms with Crippen LogP contribution in [0.1, 0.15) is 48.2 Å². The van der Waals surface area contributed by atoms with E-state index in [1.54, 1.807) is 24.4 Å². The predicted octanol–water partition coefficient (Wildman–Crippen LogP) is 3.33. The Morgan fingerprint density at radius 3 is 2.64 bits per heavy atom. The number of hydrogen-bond donors (Lipinski definition) is 2. The van der Waals surface area contributed by atoms with Crippen LogP contribution in [0.2, 0.25) is 0 Å². The van der Waals surface area contributed by atoms with Crippen molar-refractivity contribution in [1.82, 2.24) is 15.3 Å². The minimum atomic E-state index is -0.258. The second-order valence-electron chi connectivity index (χ2n) is 6.38. The van der Waals surface area contributed by atoms with E-state index >= 15 is 0 Å². The molecule has 2 aromatic rings. The molecule has 0 aliphatic heterocycles. The largest absolute Gasteiger partial charge is 0.351 e. The average Bonchev–Trinajstić information content (AvgIpc) is 2.64. The first kappa shape index (κ1) is 17.3. The van der Waals surface area contributed by atoms with E-state index in [-0.39, 0.29) is 11.7 Å². The molecule has 132 valence electrons. The van der Waals surface area contributed by atoms with Crippen molar-refractivity contribution in [1.29, 1.82) is 0 Å². The van der Waals surface area contributed by atoms with E-state index in [1.165, 1.54) is 31.4 Å².